The summed E-state index contributed by atoms with van der Waals surface area (Å²) in [5.74, 6) is 0.0623. The van der Waals surface area contributed by atoms with Gasteiger partial charge >= 0.3 is 5.97 Å². The number of aromatic nitrogens is 2. The first-order chi connectivity index (χ1) is 14.3. The van der Waals surface area contributed by atoms with Gasteiger partial charge in [0.05, 0.1) is 33.8 Å². The van der Waals surface area contributed by atoms with Crippen molar-refractivity contribution in [3.05, 3.63) is 66.6 Å². The van der Waals surface area contributed by atoms with Crippen LogP contribution in [0.4, 0.5) is 0 Å². The van der Waals surface area contributed by atoms with Crippen LogP contribution in [0, 0.1) is 6.92 Å². The average molecular weight is 513 g/mol. The highest BCUT2D eigenvalue weighted by Gasteiger charge is 2.12. The average Bonchev–Trinajstić information content (AvgIpc) is 2.68. The highest BCUT2D eigenvalue weighted by atomic mass is 79.9. The lowest BCUT2D eigenvalue weighted by Gasteiger charge is -2.10. The van der Waals surface area contributed by atoms with E-state index in [4.69, 9.17) is 32.7 Å². The van der Waals surface area contributed by atoms with Crippen molar-refractivity contribution in [2.24, 2.45) is 5.10 Å². The number of carbonyl (C=O) groups excluding carboxylic acids is 1. The van der Waals surface area contributed by atoms with Crippen molar-refractivity contribution in [1.29, 1.82) is 0 Å². The van der Waals surface area contributed by atoms with Gasteiger partial charge < -0.3 is 9.47 Å². The Morgan fingerprint density at radius 1 is 1.27 bits per heavy atom. The molecule has 0 radical (unpaired) electrons. The molecule has 10 heteroatoms. The molecule has 0 saturated carbocycles. The molecule has 0 bridgehead atoms. The van der Waals surface area contributed by atoms with Crippen molar-refractivity contribution in [3.8, 4) is 5.75 Å². The Hall–Kier alpha value is -2.42. The van der Waals surface area contributed by atoms with Gasteiger partial charge in [0, 0.05) is 4.47 Å². The van der Waals surface area contributed by atoms with Gasteiger partial charge in [-0.3, -0.25) is 4.79 Å². The molecule has 30 heavy (non-hydrogen) atoms. The van der Waals surface area contributed by atoms with Gasteiger partial charge in [-0.05, 0) is 49.7 Å². The predicted octanol–water partition coefficient (Wildman–Crippen LogP) is 4.60. The summed E-state index contributed by atoms with van der Waals surface area (Å²) < 4.78 is 12.1. The molecule has 0 fully saturated rings. The van der Waals surface area contributed by atoms with Crippen LogP contribution in [0.25, 0.3) is 10.9 Å². The van der Waals surface area contributed by atoms with E-state index in [2.05, 4.69) is 26.0 Å². The van der Waals surface area contributed by atoms with Crippen LogP contribution in [0.2, 0.25) is 10.0 Å². The summed E-state index contributed by atoms with van der Waals surface area (Å²) in [5, 5.41) is 5.06. The number of rotatable bonds is 6. The lowest BCUT2D eigenvalue weighted by molar-refractivity contribution is -0.145. The molecule has 0 N–H and O–H groups in total. The minimum atomic E-state index is -0.527. The van der Waals surface area contributed by atoms with Gasteiger partial charge in [0.1, 0.15) is 5.82 Å². The standard InChI is InChI=1S/C20H16BrCl2N3O4/c1-3-29-18(27)10-30-19-15(22)6-12(7-16(19)23)9-24-26-11(2)25-17-5-4-13(21)8-14(17)20(26)28/h4-9H,3,10H2,1-2H3. The summed E-state index contributed by atoms with van der Waals surface area (Å²) in [7, 11) is 0. The van der Waals surface area contributed by atoms with Gasteiger partial charge in [0.15, 0.2) is 12.4 Å². The zero-order valence-corrected chi connectivity index (χ0v) is 19.1. The van der Waals surface area contributed by atoms with Gasteiger partial charge in [-0.1, -0.05) is 39.1 Å². The summed E-state index contributed by atoms with van der Waals surface area (Å²) in [6.07, 6.45) is 1.44. The SMILES string of the molecule is CCOC(=O)COc1c(Cl)cc(C=Nn2c(C)nc3ccc(Br)cc3c2=O)cc1Cl. The number of ether oxygens (including phenoxy) is 2. The minimum Gasteiger partial charge on any atom is -0.479 e. The Morgan fingerprint density at radius 3 is 2.63 bits per heavy atom. The van der Waals surface area contributed by atoms with E-state index in [1.54, 1.807) is 38.1 Å². The third-order valence-electron chi connectivity index (χ3n) is 3.95. The monoisotopic (exact) mass is 511 g/mol. The van der Waals surface area contributed by atoms with E-state index in [1.807, 2.05) is 6.07 Å². The molecule has 2 aromatic carbocycles. The minimum absolute atomic E-state index is 0.161. The molecule has 0 atom stereocenters. The van der Waals surface area contributed by atoms with Gasteiger partial charge in [-0.25, -0.2) is 9.78 Å². The second-order valence-corrected chi connectivity index (χ2v) is 7.82. The lowest BCUT2D eigenvalue weighted by Crippen LogP contribution is -2.20. The van der Waals surface area contributed by atoms with Crippen molar-refractivity contribution in [3.63, 3.8) is 0 Å². The van der Waals surface area contributed by atoms with Crippen LogP contribution in [-0.4, -0.2) is 35.1 Å². The maximum absolute atomic E-state index is 12.8. The molecule has 0 unspecified atom stereocenters. The zero-order chi connectivity index (χ0) is 21.8. The molecule has 0 amide bonds. The molecule has 156 valence electrons. The number of hydrogen-bond donors (Lipinski definition) is 0. The van der Waals surface area contributed by atoms with Crippen molar-refractivity contribution >= 4 is 62.2 Å². The van der Waals surface area contributed by atoms with Gasteiger partial charge in [-0.15, -0.1) is 0 Å². The van der Waals surface area contributed by atoms with E-state index in [9.17, 15) is 9.59 Å². The first kappa shape index (κ1) is 22.3. The molecule has 0 aliphatic heterocycles. The topological polar surface area (TPSA) is 82.8 Å². The summed E-state index contributed by atoms with van der Waals surface area (Å²) in [6, 6.07) is 8.39. The number of hydrogen-bond acceptors (Lipinski definition) is 6. The Labute approximate surface area is 190 Å². The number of fused-ring (bicyclic) bond motifs is 1. The number of aryl methyl sites for hydroxylation is 1. The largest absolute Gasteiger partial charge is 0.479 e. The fourth-order valence-electron chi connectivity index (χ4n) is 2.65. The maximum atomic E-state index is 12.8. The molecular formula is C20H16BrCl2N3O4. The second kappa shape index (κ2) is 9.59. The number of carbonyl (C=O) groups is 1. The summed E-state index contributed by atoms with van der Waals surface area (Å²) in [5.41, 5.74) is 0.817. The maximum Gasteiger partial charge on any atom is 0.344 e. The lowest BCUT2D eigenvalue weighted by atomic mass is 10.2. The molecule has 1 heterocycles. The van der Waals surface area contributed by atoms with Crippen molar-refractivity contribution < 1.29 is 14.3 Å². The number of nitrogens with zero attached hydrogens (tertiary/aromatic N) is 3. The molecule has 0 aliphatic rings. The highest BCUT2D eigenvalue weighted by molar-refractivity contribution is 9.10. The molecule has 0 aliphatic carbocycles. The van der Waals surface area contributed by atoms with Gasteiger partial charge in [0.25, 0.3) is 5.56 Å². The predicted molar refractivity (Wildman–Crippen MR) is 120 cm³/mol. The van der Waals surface area contributed by atoms with E-state index in [1.165, 1.54) is 10.9 Å². The van der Waals surface area contributed by atoms with Crippen LogP contribution < -0.4 is 10.3 Å². The van der Waals surface area contributed by atoms with E-state index in [-0.39, 0.29) is 34.6 Å². The van der Waals surface area contributed by atoms with Crippen molar-refractivity contribution in [1.82, 2.24) is 9.66 Å². The first-order valence-corrected chi connectivity index (χ1v) is 10.4. The fourth-order valence-corrected chi connectivity index (χ4v) is 3.62. The molecule has 0 saturated heterocycles. The normalized spacial score (nSPS) is 11.2. The van der Waals surface area contributed by atoms with Crippen LogP contribution in [0.3, 0.4) is 0 Å². The van der Waals surface area contributed by atoms with Crippen molar-refractivity contribution in [2.75, 3.05) is 13.2 Å². The highest BCUT2D eigenvalue weighted by Crippen LogP contribution is 2.33. The third-order valence-corrected chi connectivity index (χ3v) is 5.01. The number of benzene rings is 2. The Bertz CT molecular complexity index is 1190. The van der Waals surface area contributed by atoms with E-state index < -0.39 is 5.97 Å². The quantitative estimate of drug-likeness (QED) is 0.356. The Balaban J connectivity index is 1.90. The second-order valence-electron chi connectivity index (χ2n) is 6.09. The van der Waals surface area contributed by atoms with Gasteiger partial charge in [-0.2, -0.15) is 9.78 Å². The summed E-state index contributed by atoms with van der Waals surface area (Å²) >= 11 is 15.8. The molecule has 0 spiro atoms. The van der Waals surface area contributed by atoms with E-state index in [0.29, 0.717) is 22.3 Å². The van der Waals surface area contributed by atoms with Crippen LogP contribution in [-0.2, 0) is 9.53 Å². The number of halogens is 3. The Kier molecular flexibility index (Phi) is 7.12. The van der Waals surface area contributed by atoms with Crippen LogP contribution >= 0.6 is 39.1 Å². The summed E-state index contributed by atoms with van der Waals surface area (Å²) in [6.45, 7) is 3.32. The molecule has 3 aromatic rings. The van der Waals surface area contributed by atoms with Crippen LogP contribution in [0.1, 0.15) is 18.3 Å². The van der Waals surface area contributed by atoms with Crippen LogP contribution in [0.15, 0.2) is 44.7 Å². The fraction of sp³-hybridized carbons (Fsp3) is 0.200. The van der Waals surface area contributed by atoms with Crippen molar-refractivity contribution in [2.45, 2.75) is 13.8 Å². The van der Waals surface area contributed by atoms with E-state index in [0.717, 1.165) is 4.47 Å². The smallest absolute Gasteiger partial charge is 0.344 e. The molecule has 7 nitrogen and oxygen atoms in total. The Morgan fingerprint density at radius 2 is 1.97 bits per heavy atom. The van der Waals surface area contributed by atoms with E-state index >= 15 is 0 Å². The molecular weight excluding hydrogens is 497 g/mol. The molecule has 3 rings (SSSR count). The molecule has 1 aromatic heterocycles. The first-order valence-electron chi connectivity index (χ1n) is 8.81. The summed E-state index contributed by atoms with van der Waals surface area (Å²) in [4.78, 5) is 28.6. The number of esters is 1. The van der Waals surface area contributed by atoms with Crippen LogP contribution in [0.5, 0.6) is 5.75 Å². The third kappa shape index (κ3) is 5.00. The zero-order valence-electron chi connectivity index (χ0n) is 16.0. The van der Waals surface area contributed by atoms with Gasteiger partial charge in [0.2, 0.25) is 0 Å².